The summed E-state index contributed by atoms with van der Waals surface area (Å²) in [4.78, 5) is 28.0. The van der Waals surface area contributed by atoms with Crippen molar-refractivity contribution in [2.75, 3.05) is 17.3 Å². The molecule has 5 nitrogen and oxygen atoms in total. The summed E-state index contributed by atoms with van der Waals surface area (Å²) in [5.74, 6) is -0.0767. The lowest BCUT2D eigenvalue weighted by molar-refractivity contribution is -0.120. The van der Waals surface area contributed by atoms with E-state index in [2.05, 4.69) is 5.32 Å². The van der Waals surface area contributed by atoms with Gasteiger partial charge in [0.05, 0.1) is 18.4 Å². The number of hydrogen-bond donors (Lipinski definition) is 1. The van der Waals surface area contributed by atoms with Crippen LogP contribution in [-0.4, -0.2) is 18.9 Å². The number of imide groups is 1. The van der Waals surface area contributed by atoms with Crippen LogP contribution in [0.15, 0.2) is 78.5 Å². The number of aryl methyl sites for hydroxylation is 2. The molecule has 0 fully saturated rings. The first kappa shape index (κ1) is 19.5. The van der Waals surface area contributed by atoms with Gasteiger partial charge in [-0.1, -0.05) is 42.5 Å². The molecule has 30 heavy (non-hydrogen) atoms. The van der Waals surface area contributed by atoms with E-state index >= 15 is 0 Å². The highest BCUT2D eigenvalue weighted by Crippen LogP contribution is 2.34. The van der Waals surface area contributed by atoms with Crippen LogP contribution in [-0.2, 0) is 9.59 Å². The number of methoxy groups -OCH3 is 1. The fraction of sp³-hybridized carbons (Fsp3) is 0.120. The molecular weight excluding hydrogens is 376 g/mol. The van der Waals surface area contributed by atoms with E-state index in [1.807, 2.05) is 56.3 Å². The number of hydrogen-bond acceptors (Lipinski definition) is 4. The second kappa shape index (κ2) is 7.87. The summed E-state index contributed by atoms with van der Waals surface area (Å²) in [6.45, 7) is 4.01. The normalized spacial score (nSPS) is 13.8. The maximum atomic E-state index is 13.4. The molecule has 0 spiro atoms. The number of anilines is 2. The Bertz CT molecular complexity index is 1170. The Morgan fingerprint density at radius 1 is 0.800 bits per heavy atom. The van der Waals surface area contributed by atoms with Crippen LogP contribution in [0, 0.1) is 13.8 Å². The Balaban J connectivity index is 1.84. The molecule has 2 amide bonds. The van der Waals surface area contributed by atoms with Crippen molar-refractivity contribution in [3.8, 4) is 5.75 Å². The quantitative estimate of drug-likeness (QED) is 0.633. The Morgan fingerprint density at radius 3 is 2.27 bits per heavy atom. The summed E-state index contributed by atoms with van der Waals surface area (Å²) in [6.07, 6.45) is 0. The van der Waals surface area contributed by atoms with Crippen molar-refractivity contribution in [3.05, 3.63) is 95.2 Å². The first-order valence-electron chi connectivity index (χ1n) is 9.66. The number of carbonyl (C=O) groups excluding carboxylic acids is 2. The number of nitrogens with zero attached hydrogens (tertiary/aromatic N) is 1. The van der Waals surface area contributed by atoms with Crippen LogP contribution in [0.4, 0.5) is 11.4 Å². The van der Waals surface area contributed by atoms with E-state index in [4.69, 9.17) is 4.74 Å². The summed E-state index contributed by atoms with van der Waals surface area (Å²) in [7, 11) is 1.58. The van der Waals surface area contributed by atoms with Crippen molar-refractivity contribution in [1.82, 2.24) is 0 Å². The molecule has 1 heterocycles. The van der Waals surface area contributed by atoms with Crippen LogP contribution in [0.2, 0.25) is 0 Å². The molecule has 1 aliphatic heterocycles. The van der Waals surface area contributed by atoms with Crippen LogP contribution in [0.5, 0.6) is 5.75 Å². The third-order valence-corrected chi connectivity index (χ3v) is 5.23. The van der Waals surface area contributed by atoms with E-state index in [1.165, 1.54) is 4.90 Å². The molecule has 0 radical (unpaired) electrons. The fourth-order valence-corrected chi connectivity index (χ4v) is 3.47. The molecule has 0 unspecified atom stereocenters. The highest BCUT2D eigenvalue weighted by Gasteiger charge is 2.40. The third kappa shape index (κ3) is 3.46. The highest BCUT2D eigenvalue weighted by atomic mass is 16.5. The van der Waals surface area contributed by atoms with Gasteiger partial charge in [-0.25, -0.2) is 4.90 Å². The Morgan fingerprint density at radius 2 is 1.57 bits per heavy atom. The molecule has 0 atom stereocenters. The van der Waals surface area contributed by atoms with Gasteiger partial charge in [-0.3, -0.25) is 9.59 Å². The fourth-order valence-electron chi connectivity index (χ4n) is 3.47. The lowest BCUT2D eigenvalue weighted by atomic mass is 9.99. The Hall–Kier alpha value is -3.86. The molecule has 3 aromatic rings. The number of nitrogens with one attached hydrogen (secondary N) is 1. The zero-order chi connectivity index (χ0) is 21.3. The van der Waals surface area contributed by atoms with Gasteiger partial charge in [0.2, 0.25) is 0 Å². The van der Waals surface area contributed by atoms with Crippen molar-refractivity contribution in [3.63, 3.8) is 0 Å². The monoisotopic (exact) mass is 398 g/mol. The van der Waals surface area contributed by atoms with E-state index in [0.717, 1.165) is 11.1 Å². The maximum absolute atomic E-state index is 13.4. The van der Waals surface area contributed by atoms with Crippen molar-refractivity contribution in [1.29, 1.82) is 0 Å². The van der Waals surface area contributed by atoms with Gasteiger partial charge in [-0.05, 0) is 54.8 Å². The molecule has 0 aromatic heterocycles. The van der Waals surface area contributed by atoms with E-state index in [9.17, 15) is 9.59 Å². The second-order valence-corrected chi connectivity index (χ2v) is 7.19. The number of carbonyl (C=O) groups is 2. The van der Waals surface area contributed by atoms with Gasteiger partial charge in [0.25, 0.3) is 11.8 Å². The molecule has 0 saturated heterocycles. The van der Waals surface area contributed by atoms with Gasteiger partial charge in [-0.15, -0.1) is 0 Å². The topological polar surface area (TPSA) is 58.6 Å². The molecule has 1 N–H and O–H groups in total. The van der Waals surface area contributed by atoms with Crippen LogP contribution in [0.1, 0.15) is 16.7 Å². The van der Waals surface area contributed by atoms with Gasteiger partial charge in [0.1, 0.15) is 11.4 Å². The van der Waals surface area contributed by atoms with Crippen LogP contribution < -0.4 is 15.0 Å². The molecule has 1 aliphatic rings. The molecule has 0 bridgehead atoms. The first-order valence-corrected chi connectivity index (χ1v) is 9.66. The standard InChI is InChI=1S/C25H22N2O3/c1-16-12-13-18(14-17(16)2)22-23(26-19-8-7-11-21(15-19)30-3)25(29)27(24(22)28)20-9-5-4-6-10-20/h4-15,26H,1-3H3. The molecule has 0 aliphatic carbocycles. The number of rotatable bonds is 5. The van der Waals surface area contributed by atoms with Gasteiger partial charge in [0, 0.05) is 11.8 Å². The highest BCUT2D eigenvalue weighted by molar-refractivity contribution is 6.46. The zero-order valence-electron chi connectivity index (χ0n) is 17.1. The summed E-state index contributed by atoms with van der Waals surface area (Å²) in [6, 6.07) is 22.0. The molecule has 5 heteroatoms. The number of para-hydroxylation sites is 1. The zero-order valence-corrected chi connectivity index (χ0v) is 17.1. The third-order valence-electron chi connectivity index (χ3n) is 5.23. The largest absolute Gasteiger partial charge is 0.497 e. The Labute approximate surface area is 175 Å². The summed E-state index contributed by atoms with van der Waals surface area (Å²) in [5.41, 5.74) is 4.70. The number of amides is 2. The van der Waals surface area contributed by atoms with Gasteiger partial charge in [0.15, 0.2) is 0 Å². The van der Waals surface area contributed by atoms with E-state index in [1.54, 1.807) is 37.4 Å². The summed E-state index contributed by atoms with van der Waals surface area (Å²) in [5, 5.41) is 3.17. The van der Waals surface area contributed by atoms with Gasteiger partial charge < -0.3 is 10.1 Å². The van der Waals surface area contributed by atoms with Crippen molar-refractivity contribution in [2.45, 2.75) is 13.8 Å². The lowest BCUT2D eigenvalue weighted by Gasteiger charge is -2.15. The number of ether oxygens (including phenoxy) is 1. The second-order valence-electron chi connectivity index (χ2n) is 7.19. The minimum Gasteiger partial charge on any atom is -0.497 e. The minimum absolute atomic E-state index is 0.250. The molecule has 0 saturated carbocycles. The summed E-state index contributed by atoms with van der Waals surface area (Å²) >= 11 is 0. The van der Waals surface area contributed by atoms with Crippen LogP contribution >= 0.6 is 0 Å². The summed E-state index contributed by atoms with van der Waals surface area (Å²) < 4.78 is 5.28. The molecule has 3 aromatic carbocycles. The van der Waals surface area contributed by atoms with Crippen molar-refractivity contribution in [2.24, 2.45) is 0 Å². The van der Waals surface area contributed by atoms with Crippen LogP contribution in [0.25, 0.3) is 5.57 Å². The predicted molar refractivity (Wildman–Crippen MR) is 118 cm³/mol. The average molecular weight is 398 g/mol. The molecular formula is C25H22N2O3. The van der Waals surface area contributed by atoms with Gasteiger partial charge in [-0.2, -0.15) is 0 Å². The number of benzene rings is 3. The average Bonchev–Trinajstić information content (AvgIpc) is 3.00. The van der Waals surface area contributed by atoms with E-state index < -0.39 is 0 Å². The SMILES string of the molecule is COc1cccc(NC2=C(c3ccc(C)c(C)c3)C(=O)N(c3ccccc3)C2=O)c1. The minimum atomic E-state index is -0.387. The lowest BCUT2D eigenvalue weighted by Crippen LogP contribution is -2.32. The Kier molecular flexibility index (Phi) is 5.11. The smallest absolute Gasteiger partial charge is 0.282 e. The van der Waals surface area contributed by atoms with Crippen molar-refractivity contribution < 1.29 is 14.3 Å². The molecule has 150 valence electrons. The predicted octanol–water partition coefficient (Wildman–Crippen LogP) is 4.71. The van der Waals surface area contributed by atoms with Gasteiger partial charge >= 0.3 is 0 Å². The maximum Gasteiger partial charge on any atom is 0.282 e. The first-order chi connectivity index (χ1) is 14.5. The van der Waals surface area contributed by atoms with Crippen LogP contribution in [0.3, 0.4) is 0 Å². The van der Waals surface area contributed by atoms with E-state index in [0.29, 0.717) is 28.3 Å². The van der Waals surface area contributed by atoms with Crippen molar-refractivity contribution >= 4 is 28.8 Å². The molecule has 4 rings (SSSR count). The van der Waals surface area contributed by atoms with E-state index in [-0.39, 0.29) is 17.5 Å².